The molecule has 0 radical (unpaired) electrons. The van der Waals surface area contributed by atoms with Gasteiger partial charge in [-0.25, -0.2) is 5.10 Å². The van der Waals surface area contributed by atoms with Crippen molar-refractivity contribution >= 4 is 5.78 Å². The minimum absolute atomic E-state index is 0.0642. The highest BCUT2D eigenvalue weighted by Gasteiger charge is 2.30. The van der Waals surface area contributed by atoms with Crippen molar-refractivity contribution in [1.82, 2.24) is 30.9 Å². The van der Waals surface area contributed by atoms with E-state index in [1.807, 2.05) is 6.20 Å². The van der Waals surface area contributed by atoms with Gasteiger partial charge in [-0.15, -0.1) is 5.10 Å². The second kappa shape index (κ2) is 8.49. The molecular weight excluding hydrogens is 328 g/mol. The van der Waals surface area contributed by atoms with Gasteiger partial charge in [-0.2, -0.15) is 0 Å². The third kappa shape index (κ3) is 4.52. The van der Waals surface area contributed by atoms with Crippen LogP contribution in [-0.4, -0.2) is 44.5 Å². The lowest BCUT2D eigenvalue weighted by atomic mass is 9.79. The third-order valence-corrected chi connectivity index (χ3v) is 5.23. The molecule has 0 spiro atoms. The van der Waals surface area contributed by atoms with Crippen LogP contribution < -0.4 is 5.32 Å². The summed E-state index contributed by atoms with van der Waals surface area (Å²) in [6.07, 6.45) is 4.60. The van der Waals surface area contributed by atoms with Crippen LogP contribution in [-0.2, 0) is 11.2 Å². The lowest BCUT2D eigenvalue weighted by Crippen LogP contribution is -2.25. The van der Waals surface area contributed by atoms with E-state index < -0.39 is 0 Å². The molecule has 3 heterocycles. The first kappa shape index (κ1) is 18.6. The highest BCUT2D eigenvalue weighted by atomic mass is 16.1. The number of carbonyl (C=O) groups is 1. The van der Waals surface area contributed by atoms with E-state index in [0.717, 1.165) is 37.2 Å². The summed E-state index contributed by atoms with van der Waals surface area (Å²) in [6.45, 7) is 8.00. The summed E-state index contributed by atoms with van der Waals surface area (Å²) in [5, 5.41) is 17.8. The number of Topliss-reactive ketones (excluding diaryl/α,β-unsaturated/α-hetero) is 1. The molecule has 140 valence electrons. The van der Waals surface area contributed by atoms with Crippen LogP contribution in [0, 0.1) is 11.8 Å². The van der Waals surface area contributed by atoms with E-state index in [1.165, 1.54) is 0 Å². The fraction of sp³-hybridized carbons (Fsp3) is 0.632. The van der Waals surface area contributed by atoms with Gasteiger partial charge in [0.05, 0.1) is 0 Å². The number of aromatic amines is 1. The van der Waals surface area contributed by atoms with Crippen LogP contribution in [0.4, 0.5) is 0 Å². The van der Waals surface area contributed by atoms with Crippen molar-refractivity contribution in [1.29, 1.82) is 0 Å². The molecule has 0 saturated carbocycles. The second-order valence-corrected chi connectivity index (χ2v) is 7.72. The predicted molar refractivity (Wildman–Crippen MR) is 98.7 cm³/mol. The first-order valence-electron chi connectivity index (χ1n) is 9.44. The van der Waals surface area contributed by atoms with Gasteiger partial charge in [0.2, 0.25) is 0 Å². The molecule has 7 nitrogen and oxygen atoms in total. The number of nitrogens with zero attached hydrogens (tertiary/aromatic N) is 4. The van der Waals surface area contributed by atoms with Crippen LogP contribution in [0.3, 0.4) is 0 Å². The van der Waals surface area contributed by atoms with Gasteiger partial charge in [-0.3, -0.25) is 9.78 Å². The largest absolute Gasteiger partial charge is 0.316 e. The number of nitrogens with one attached hydrogen (secondary N) is 2. The smallest absolute Gasteiger partial charge is 0.152 e. The number of rotatable bonds is 8. The molecule has 2 aromatic rings. The van der Waals surface area contributed by atoms with E-state index >= 15 is 0 Å². The summed E-state index contributed by atoms with van der Waals surface area (Å²) < 4.78 is 0. The van der Waals surface area contributed by atoms with Gasteiger partial charge >= 0.3 is 0 Å². The Bertz CT molecular complexity index is 691. The number of aromatic nitrogens is 5. The zero-order chi connectivity index (χ0) is 18.5. The van der Waals surface area contributed by atoms with Crippen LogP contribution in [0.5, 0.6) is 0 Å². The quantitative estimate of drug-likeness (QED) is 0.753. The van der Waals surface area contributed by atoms with Gasteiger partial charge in [0.15, 0.2) is 5.82 Å². The molecule has 1 fully saturated rings. The third-order valence-electron chi connectivity index (χ3n) is 5.23. The molecule has 7 heteroatoms. The maximum absolute atomic E-state index is 12.3. The first-order valence-corrected chi connectivity index (χ1v) is 9.44. The number of tetrazole rings is 1. The van der Waals surface area contributed by atoms with Crippen LogP contribution in [0.15, 0.2) is 18.3 Å². The number of H-pyrrole nitrogens is 1. The second-order valence-electron chi connectivity index (χ2n) is 7.72. The fourth-order valence-corrected chi connectivity index (χ4v) is 3.83. The molecule has 0 aromatic carbocycles. The topological polar surface area (TPSA) is 96.5 Å². The Morgan fingerprint density at radius 3 is 2.73 bits per heavy atom. The predicted octanol–water partition coefficient (Wildman–Crippen LogP) is 2.25. The van der Waals surface area contributed by atoms with Gasteiger partial charge < -0.3 is 5.32 Å². The maximum atomic E-state index is 12.3. The molecule has 0 aliphatic carbocycles. The molecule has 2 N–H and O–H groups in total. The summed E-state index contributed by atoms with van der Waals surface area (Å²) in [7, 11) is 0. The Labute approximate surface area is 154 Å². The molecule has 3 rings (SSSR count). The molecule has 1 aliphatic rings. The Balaban J connectivity index is 1.80. The van der Waals surface area contributed by atoms with Gasteiger partial charge in [-0.05, 0) is 60.7 Å². The molecule has 0 bridgehead atoms. The molecule has 3 atom stereocenters. The molecule has 0 amide bonds. The Kier molecular flexibility index (Phi) is 6.08. The van der Waals surface area contributed by atoms with Crippen LogP contribution in [0.25, 0.3) is 0 Å². The molecule has 1 saturated heterocycles. The minimum Gasteiger partial charge on any atom is -0.316 e. The van der Waals surface area contributed by atoms with Gasteiger partial charge in [0, 0.05) is 36.2 Å². The number of carbonyl (C=O) groups excluding carboxylic acids is 1. The van der Waals surface area contributed by atoms with Crippen molar-refractivity contribution < 1.29 is 4.79 Å². The Morgan fingerprint density at radius 1 is 1.35 bits per heavy atom. The van der Waals surface area contributed by atoms with Crippen molar-refractivity contribution in [3.05, 3.63) is 35.4 Å². The van der Waals surface area contributed by atoms with Crippen LogP contribution >= 0.6 is 0 Å². The minimum atomic E-state index is -0.108. The zero-order valence-electron chi connectivity index (χ0n) is 15.8. The van der Waals surface area contributed by atoms with Crippen LogP contribution in [0.1, 0.15) is 62.5 Å². The highest BCUT2D eigenvalue weighted by molar-refractivity contribution is 5.79. The van der Waals surface area contributed by atoms with Crippen molar-refractivity contribution in [2.45, 2.75) is 51.9 Å². The van der Waals surface area contributed by atoms with E-state index in [4.69, 9.17) is 0 Å². The SMILES string of the molecule is CC(=O)[C@@H](CC(C)C)[C@H](Cc1ccc(C2CCNC2)nc1)c1nnn[nH]1. The molecule has 1 aliphatic heterocycles. The van der Waals surface area contributed by atoms with E-state index in [-0.39, 0.29) is 17.6 Å². The van der Waals surface area contributed by atoms with Crippen molar-refractivity contribution in [2.24, 2.45) is 11.8 Å². The van der Waals surface area contributed by atoms with Crippen LogP contribution in [0.2, 0.25) is 0 Å². The summed E-state index contributed by atoms with van der Waals surface area (Å²) in [5.74, 6) is 1.62. The average molecular weight is 356 g/mol. The summed E-state index contributed by atoms with van der Waals surface area (Å²) in [6, 6.07) is 4.25. The van der Waals surface area contributed by atoms with Gasteiger partial charge in [-0.1, -0.05) is 19.9 Å². The lowest BCUT2D eigenvalue weighted by molar-refractivity contribution is -0.122. The Morgan fingerprint density at radius 2 is 2.19 bits per heavy atom. The van der Waals surface area contributed by atoms with Gasteiger partial charge in [0.1, 0.15) is 5.78 Å². The van der Waals surface area contributed by atoms with Gasteiger partial charge in [0.25, 0.3) is 0 Å². The van der Waals surface area contributed by atoms with Crippen molar-refractivity contribution in [2.75, 3.05) is 13.1 Å². The average Bonchev–Trinajstić information content (AvgIpc) is 3.31. The van der Waals surface area contributed by atoms with E-state index in [0.29, 0.717) is 24.1 Å². The normalized spacial score (nSPS) is 19.6. The standard InChI is InChI=1S/C19H28N6O/c1-12(2)8-16(13(3)26)17(19-22-24-25-23-19)9-14-4-5-18(21-10-14)15-6-7-20-11-15/h4-5,10,12,15-17,20H,6-9,11H2,1-3H3,(H,22,23,24,25)/t15?,16-,17+/m1/s1. The highest BCUT2D eigenvalue weighted by Crippen LogP contribution is 2.32. The maximum Gasteiger partial charge on any atom is 0.152 e. The first-order chi connectivity index (χ1) is 12.5. The monoisotopic (exact) mass is 356 g/mol. The Hall–Kier alpha value is -2.15. The number of ketones is 1. The van der Waals surface area contributed by atoms with E-state index in [1.54, 1.807) is 6.92 Å². The van der Waals surface area contributed by atoms with E-state index in [2.05, 4.69) is 56.9 Å². The number of hydrogen-bond donors (Lipinski definition) is 2. The fourth-order valence-electron chi connectivity index (χ4n) is 3.83. The number of hydrogen-bond acceptors (Lipinski definition) is 6. The van der Waals surface area contributed by atoms with E-state index in [9.17, 15) is 4.79 Å². The molecule has 1 unspecified atom stereocenters. The van der Waals surface area contributed by atoms with Crippen molar-refractivity contribution in [3.8, 4) is 0 Å². The molecular formula is C19H28N6O. The molecule has 2 aromatic heterocycles. The zero-order valence-corrected chi connectivity index (χ0v) is 15.8. The van der Waals surface area contributed by atoms with Crippen molar-refractivity contribution in [3.63, 3.8) is 0 Å². The lowest BCUT2D eigenvalue weighted by Gasteiger charge is -2.24. The number of pyridine rings is 1. The summed E-state index contributed by atoms with van der Waals surface area (Å²) in [5.41, 5.74) is 2.25. The summed E-state index contributed by atoms with van der Waals surface area (Å²) >= 11 is 0. The summed E-state index contributed by atoms with van der Waals surface area (Å²) in [4.78, 5) is 17.0. The molecule has 26 heavy (non-hydrogen) atoms.